The lowest BCUT2D eigenvalue weighted by atomic mass is 9.67. The van der Waals surface area contributed by atoms with Crippen molar-refractivity contribution >= 4 is 16.0 Å². The third-order valence-corrected chi connectivity index (χ3v) is 7.71. The number of guanidine groups is 1. The van der Waals surface area contributed by atoms with Crippen LogP contribution in [0.4, 0.5) is 0 Å². The van der Waals surface area contributed by atoms with Crippen molar-refractivity contribution in [2.45, 2.75) is 52.6 Å². The fourth-order valence-electron chi connectivity index (χ4n) is 3.85. The van der Waals surface area contributed by atoms with Crippen molar-refractivity contribution in [3.05, 3.63) is 0 Å². The molecule has 1 aliphatic heterocycles. The van der Waals surface area contributed by atoms with Crippen molar-refractivity contribution in [1.29, 1.82) is 0 Å². The number of sulfonamides is 1. The molecule has 2 fully saturated rings. The highest BCUT2D eigenvalue weighted by molar-refractivity contribution is 7.89. The van der Waals surface area contributed by atoms with Crippen LogP contribution in [-0.2, 0) is 19.5 Å². The van der Waals surface area contributed by atoms with Crippen molar-refractivity contribution in [1.82, 2.24) is 14.5 Å². The van der Waals surface area contributed by atoms with Crippen LogP contribution in [0.1, 0.15) is 46.5 Å². The highest BCUT2D eigenvalue weighted by Crippen LogP contribution is 2.44. The van der Waals surface area contributed by atoms with Crippen LogP contribution in [0.3, 0.4) is 0 Å². The van der Waals surface area contributed by atoms with Crippen LogP contribution in [0, 0.1) is 5.41 Å². The molecule has 8 nitrogen and oxygen atoms in total. The van der Waals surface area contributed by atoms with E-state index in [4.69, 9.17) is 14.5 Å². The van der Waals surface area contributed by atoms with Gasteiger partial charge in [0, 0.05) is 53.0 Å². The highest BCUT2D eigenvalue weighted by Gasteiger charge is 2.36. The van der Waals surface area contributed by atoms with Crippen molar-refractivity contribution in [2.24, 2.45) is 10.4 Å². The van der Waals surface area contributed by atoms with Gasteiger partial charge in [0.1, 0.15) is 0 Å². The molecular formula is C20H40N4O4S. The SMILES string of the molecule is CCNC(=NCC1(CCOC)CCC1)N1CCN(S(=O)(=O)CCOC(C)C)CC1. The van der Waals surface area contributed by atoms with E-state index < -0.39 is 10.0 Å². The predicted molar refractivity (Wildman–Crippen MR) is 117 cm³/mol. The quantitative estimate of drug-likeness (QED) is 0.394. The molecule has 0 unspecified atom stereocenters. The van der Waals surface area contributed by atoms with E-state index in [9.17, 15) is 8.42 Å². The summed E-state index contributed by atoms with van der Waals surface area (Å²) < 4.78 is 37.4. The second-order valence-corrected chi connectivity index (χ2v) is 10.5. The van der Waals surface area contributed by atoms with Crippen molar-refractivity contribution in [2.75, 3.05) is 65.3 Å². The first-order valence-corrected chi connectivity index (χ1v) is 12.5. The third-order valence-electron chi connectivity index (χ3n) is 5.87. The molecule has 0 spiro atoms. The molecule has 0 aromatic carbocycles. The number of nitrogens with zero attached hydrogens (tertiary/aromatic N) is 3. The largest absolute Gasteiger partial charge is 0.385 e. The first-order valence-electron chi connectivity index (χ1n) is 10.9. The van der Waals surface area contributed by atoms with Gasteiger partial charge in [-0.05, 0) is 45.4 Å². The monoisotopic (exact) mass is 432 g/mol. The van der Waals surface area contributed by atoms with Gasteiger partial charge in [-0.1, -0.05) is 6.42 Å². The molecule has 1 heterocycles. The smallest absolute Gasteiger partial charge is 0.216 e. The molecule has 9 heteroatoms. The minimum atomic E-state index is -3.27. The molecule has 1 N–H and O–H groups in total. The molecule has 1 aliphatic carbocycles. The van der Waals surface area contributed by atoms with Crippen LogP contribution in [-0.4, -0.2) is 95.0 Å². The summed E-state index contributed by atoms with van der Waals surface area (Å²) in [5.41, 5.74) is 0.276. The fraction of sp³-hybridized carbons (Fsp3) is 0.950. The number of methoxy groups -OCH3 is 1. The second-order valence-electron chi connectivity index (χ2n) is 8.39. The summed E-state index contributed by atoms with van der Waals surface area (Å²) in [6.45, 7) is 10.8. The highest BCUT2D eigenvalue weighted by atomic mass is 32.2. The Hall–Kier alpha value is -0.900. The molecule has 2 rings (SSSR count). The van der Waals surface area contributed by atoms with Gasteiger partial charge in [-0.15, -0.1) is 0 Å². The molecule has 0 amide bonds. The number of hydrogen-bond donors (Lipinski definition) is 1. The van der Waals surface area contributed by atoms with E-state index in [1.165, 1.54) is 19.3 Å². The van der Waals surface area contributed by atoms with Gasteiger partial charge in [0.25, 0.3) is 0 Å². The van der Waals surface area contributed by atoms with E-state index in [0.29, 0.717) is 26.2 Å². The van der Waals surface area contributed by atoms with E-state index in [0.717, 1.165) is 32.1 Å². The Morgan fingerprint density at radius 1 is 1.17 bits per heavy atom. The van der Waals surface area contributed by atoms with Crippen molar-refractivity contribution in [3.63, 3.8) is 0 Å². The zero-order valence-corrected chi connectivity index (χ0v) is 19.5. The lowest BCUT2D eigenvalue weighted by molar-refractivity contribution is 0.0775. The molecule has 1 saturated heterocycles. The van der Waals surface area contributed by atoms with Crippen LogP contribution in [0.2, 0.25) is 0 Å². The minimum Gasteiger partial charge on any atom is -0.385 e. The Morgan fingerprint density at radius 3 is 2.38 bits per heavy atom. The number of piperazine rings is 1. The number of rotatable bonds is 11. The van der Waals surface area contributed by atoms with E-state index in [1.54, 1.807) is 11.4 Å². The number of nitrogens with one attached hydrogen (secondary N) is 1. The lowest BCUT2D eigenvalue weighted by Crippen LogP contribution is -2.54. The molecular weight excluding hydrogens is 392 g/mol. The van der Waals surface area contributed by atoms with Crippen LogP contribution >= 0.6 is 0 Å². The maximum Gasteiger partial charge on any atom is 0.216 e. The summed E-state index contributed by atoms with van der Waals surface area (Å²) in [4.78, 5) is 7.11. The molecule has 29 heavy (non-hydrogen) atoms. The van der Waals surface area contributed by atoms with E-state index in [-0.39, 0.29) is 23.9 Å². The second kappa shape index (κ2) is 11.5. The van der Waals surface area contributed by atoms with Gasteiger partial charge in [0.05, 0.1) is 18.5 Å². The Morgan fingerprint density at radius 2 is 1.86 bits per heavy atom. The van der Waals surface area contributed by atoms with Gasteiger partial charge >= 0.3 is 0 Å². The van der Waals surface area contributed by atoms with Gasteiger partial charge in [0.2, 0.25) is 10.0 Å². The predicted octanol–water partition coefficient (Wildman–Crippen LogP) is 1.53. The first-order chi connectivity index (χ1) is 13.8. The van der Waals surface area contributed by atoms with E-state index >= 15 is 0 Å². The Balaban J connectivity index is 1.90. The van der Waals surface area contributed by atoms with Crippen molar-refractivity contribution in [3.8, 4) is 0 Å². The van der Waals surface area contributed by atoms with Crippen LogP contribution in [0.15, 0.2) is 4.99 Å². The van der Waals surface area contributed by atoms with E-state index in [2.05, 4.69) is 17.1 Å². The standard InChI is InChI=1S/C20H40N4O4S/c1-5-21-19(22-17-20(7-6-8-20)9-14-27-4)23-10-12-24(13-11-23)29(25,26)16-15-28-18(2)3/h18H,5-17H2,1-4H3,(H,21,22). The minimum absolute atomic E-state index is 0.0430. The number of aliphatic imine (C=N–C) groups is 1. The van der Waals surface area contributed by atoms with Gasteiger partial charge < -0.3 is 19.7 Å². The first kappa shape index (κ1) is 24.4. The molecule has 0 atom stereocenters. The summed E-state index contributed by atoms with van der Waals surface area (Å²) in [6.07, 6.45) is 4.79. The molecule has 1 saturated carbocycles. The van der Waals surface area contributed by atoms with Gasteiger partial charge in [-0.3, -0.25) is 4.99 Å². The molecule has 0 aromatic rings. The average Bonchev–Trinajstić information content (AvgIpc) is 2.65. The topological polar surface area (TPSA) is 83.5 Å². The summed E-state index contributed by atoms with van der Waals surface area (Å²) in [5, 5.41) is 3.39. The maximum absolute atomic E-state index is 12.5. The van der Waals surface area contributed by atoms with Crippen LogP contribution in [0.25, 0.3) is 0 Å². The maximum atomic E-state index is 12.5. The van der Waals surface area contributed by atoms with Gasteiger partial charge in [0.15, 0.2) is 5.96 Å². The van der Waals surface area contributed by atoms with Crippen molar-refractivity contribution < 1.29 is 17.9 Å². The Kier molecular flexibility index (Phi) is 9.65. The van der Waals surface area contributed by atoms with Gasteiger partial charge in [-0.2, -0.15) is 4.31 Å². The number of ether oxygens (including phenoxy) is 2. The fourth-order valence-corrected chi connectivity index (χ4v) is 5.13. The zero-order valence-electron chi connectivity index (χ0n) is 18.7. The molecule has 0 radical (unpaired) electrons. The number of hydrogen-bond acceptors (Lipinski definition) is 5. The van der Waals surface area contributed by atoms with Crippen LogP contribution < -0.4 is 5.32 Å². The summed E-state index contributed by atoms with van der Waals surface area (Å²) in [6, 6.07) is 0. The third kappa shape index (κ3) is 7.38. The molecule has 0 bridgehead atoms. The average molecular weight is 433 g/mol. The van der Waals surface area contributed by atoms with Gasteiger partial charge in [-0.25, -0.2) is 8.42 Å². The molecule has 2 aliphatic rings. The molecule has 0 aromatic heterocycles. The summed E-state index contributed by atoms with van der Waals surface area (Å²) >= 11 is 0. The zero-order chi connectivity index (χ0) is 21.3. The molecule has 170 valence electrons. The Bertz CT molecular complexity index is 612. The normalized spacial score (nSPS) is 20.7. The Labute approximate surface area is 177 Å². The summed E-state index contributed by atoms with van der Waals surface area (Å²) in [5.74, 6) is 0.942. The van der Waals surface area contributed by atoms with Crippen LogP contribution in [0.5, 0.6) is 0 Å². The summed E-state index contributed by atoms with van der Waals surface area (Å²) in [7, 11) is -1.52. The van der Waals surface area contributed by atoms with E-state index in [1.807, 2.05) is 13.8 Å². The lowest BCUT2D eigenvalue weighted by Gasteiger charge is -2.41.